The van der Waals surface area contributed by atoms with Crippen LogP contribution in [-0.4, -0.2) is 24.8 Å². The van der Waals surface area contributed by atoms with Crippen LogP contribution >= 0.6 is 0 Å². The minimum absolute atomic E-state index is 0.137. The Morgan fingerprint density at radius 2 is 1.68 bits per heavy atom. The molecule has 0 aromatic rings. The Labute approximate surface area is 119 Å². The van der Waals surface area contributed by atoms with E-state index in [-0.39, 0.29) is 5.60 Å². The molecule has 0 amide bonds. The summed E-state index contributed by atoms with van der Waals surface area (Å²) in [4.78, 5) is 0. The van der Waals surface area contributed by atoms with Crippen LogP contribution in [0.15, 0.2) is 0 Å². The molecule has 2 nitrogen and oxygen atoms in total. The Bertz CT molecular complexity index is 254. The van der Waals surface area contributed by atoms with E-state index in [1.807, 2.05) is 0 Å². The molecule has 0 heterocycles. The van der Waals surface area contributed by atoms with Crippen molar-refractivity contribution in [3.05, 3.63) is 0 Å². The molecule has 1 N–H and O–H groups in total. The first kappa shape index (κ1) is 15.3. The molecule has 0 aliphatic heterocycles. The topological polar surface area (TPSA) is 21.3 Å². The standard InChI is InChI=1S/C17H33NO/c1-13(2)16-7-9-17(10-8-16,12-18-14(3)4)19-11-15-5-6-15/h13-16,18H,5-12H2,1-4H3. The summed E-state index contributed by atoms with van der Waals surface area (Å²) >= 11 is 0. The van der Waals surface area contributed by atoms with Crippen molar-refractivity contribution in [3.63, 3.8) is 0 Å². The number of hydrogen-bond donors (Lipinski definition) is 1. The van der Waals surface area contributed by atoms with Gasteiger partial charge in [-0.15, -0.1) is 0 Å². The summed E-state index contributed by atoms with van der Waals surface area (Å²) in [5.74, 6) is 2.62. The highest BCUT2D eigenvalue weighted by Gasteiger charge is 2.38. The van der Waals surface area contributed by atoms with Crippen molar-refractivity contribution in [3.8, 4) is 0 Å². The molecule has 2 rings (SSSR count). The summed E-state index contributed by atoms with van der Waals surface area (Å²) in [6, 6.07) is 0.559. The minimum Gasteiger partial charge on any atom is -0.373 e. The van der Waals surface area contributed by atoms with Crippen molar-refractivity contribution < 1.29 is 4.74 Å². The summed E-state index contributed by atoms with van der Waals surface area (Å²) in [6.45, 7) is 11.3. The maximum Gasteiger partial charge on any atom is 0.0806 e. The van der Waals surface area contributed by atoms with Crippen LogP contribution in [0.2, 0.25) is 0 Å². The van der Waals surface area contributed by atoms with Crippen LogP contribution < -0.4 is 5.32 Å². The van der Waals surface area contributed by atoms with Gasteiger partial charge in [0, 0.05) is 12.6 Å². The lowest BCUT2D eigenvalue weighted by atomic mass is 9.74. The van der Waals surface area contributed by atoms with E-state index in [4.69, 9.17) is 4.74 Å². The zero-order valence-corrected chi connectivity index (χ0v) is 13.4. The van der Waals surface area contributed by atoms with Crippen LogP contribution in [0.4, 0.5) is 0 Å². The molecule has 0 atom stereocenters. The number of hydrogen-bond acceptors (Lipinski definition) is 2. The summed E-state index contributed by atoms with van der Waals surface area (Å²) in [6.07, 6.45) is 7.99. The van der Waals surface area contributed by atoms with Gasteiger partial charge in [-0.25, -0.2) is 0 Å². The summed E-state index contributed by atoms with van der Waals surface area (Å²) in [5.41, 5.74) is 0.137. The Kier molecular flexibility index (Phi) is 5.30. The maximum atomic E-state index is 6.41. The molecule has 0 radical (unpaired) electrons. The summed E-state index contributed by atoms with van der Waals surface area (Å²) in [7, 11) is 0. The fourth-order valence-electron chi connectivity index (χ4n) is 3.17. The molecular weight excluding hydrogens is 234 g/mol. The molecule has 0 aromatic heterocycles. The molecule has 2 fully saturated rings. The van der Waals surface area contributed by atoms with Crippen molar-refractivity contribution in [2.45, 2.75) is 77.9 Å². The predicted molar refractivity (Wildman–Crippen MR) is 81.3 cm³/mol. The minimum atomic E-state index is 0.137. The SMILES string of the molecule is CC(C)NCC1(OCC2CC2)CCC(C(C)C)CC1. The highest BCUT2D eigenvalue weighted by atomic mass is 16.5. The third-order valence-electron chi connectivity index (χ3n) is 5.04. The molecule has 0 spiro atoms. The zero-order chi connectivity index (χ0) is 13.9. The van der Waals surface area contributed by atoms with Gasteiger partial charge in [-0.3, -0.25) is 0 Å². The van der Waals surface area contributed by atoms with E-state index in [0.29, 0.717) is 6.04 Å². The number of nitrogens with one attached hydrogen (secondary N) is 1. The fourth-order valence-corrected chi connectivity index (χ4v) is 3.17. The molecular formula is C17H33NO. The first-order chi connectivity index (χ1) is 9.01. The van der Waals surface area contributed by atoms with E-state index < -0.39 is 0 Å². The summed E-state index contributed by atoms with van der Waals surface area (Å²) < 4.78 is 6.41. The average molecular weight is 267 g/mol. The molecule has 2 aliphatic carbocycles. The van der Waals surface area contributed by atoms with Gasteiger partial charge in [0.25, 0.3) is 0 Å². The third-order valence-corrected chi connectivity index (χ3v) is 5.04. The lowest BCUT2D eigenvalue weighted by Gasteiger charge is -2.42. The first-order valence-electron chi connectivity index (χ1n) is 8.38. The van der Waals surface area contributed by atoms with Gasteiger partial charge < -0.3 is 10.1 Å². The molecule has 2 heteroatoms. The quantitative estimate of drug-likeness (QED) is 0.753. The Morgan fingerprint density at radius 3 is 2.16 bits per heavy atom. The molecule has 0 unspecified atom stereocenters. The fraction of sp³-hybridized carbons (Fsp3) is 1.00. The van der Waals surface area contributed by atoms with Crippen LogP contribution in [-0.2, 0) is 4.74 Å². The van der Waals surface area contributed by atoms with E-state index in [2.05, 4.69) is 33.0 Å². The molecule has 19 heavy (non-hydrogen) atoms. The Morgan fingerprint density at radius 1 is 1.05 bits per heavy atom. The highest BCUT2D eigenvalue weighted by molar-refractivity contribution is 4.91. The maximum absolute atomic E-state index is 6.41. The van der Waals surface area contributed by atoms with Gasteiger partial charge in [-0.1, -0.05) is 27.7 Å². The first-order valence-corrected chi connectivity index (χ1v) is 8.38. The second kappa shape index (κ2) is 6.58. The Hall–Kier alpha value is -0.0800. The normalized spacial score (nSPS) is 32.2. The molecule has 0 bridgehead atoms. The van der Waals surface area contributed by atoms with E-state index >= 15 is 0 Å². The second-order valence-corrected chi connectivity index (χ2v) is 7.55. The van der Waals surface area contributed by atoms with Crippen LogP contribution in [0.3, 0.4) is 0 Å². The van der Waals surface area contributed by atoms with E-state index in [1.165, 1.54) is 38.5 Å². The van der Waals surface area contributed by atoms with Gasteiger partial charge in [0.15, 0.2) is 0 Å². The van der Waals surface area contributed by atoms with Gasteiger partial charge in [0.2, 0.25) is 0 Å². The average Bonchev–Trinajstić information content (AvgIpc) is 3.19. The van der Waals surface area contributed by atoms with Crippen molar-refractivity contribution >= 4 is 0 Å². The van der Waals surface area contributed by atoms with Gasteiger partial charge in [0.05, 0.1) is 12.2 Å². The monoisotopic (exact) mass is 267 g/mol. The van der Waals surface area contributed by atoms with E-state index in [0.717, 1.165) is 30.9 Å². The second-order valence-electron chi connectivity index (χ2n) is 7.55. The number of ether oxygens (including phenoxy) is 1. The van der Waals surface area contributed by atoms with Crippen molar-refractivity contribution in [1.29, 1.82) is 0 Å². The molecule has 0 saturated heterocycles. The van der Waals surface area contributed by atoms with Gasteiger partial charge >= 0.3 is 0 Å². The van der Waals surface area contributed by atoms with E-state index in [1.54, 1.807) is 0 Å². The van der Waals surface area contributed by atoms with Crippen molar-refractivity contribution in [2.75, 3.05) is 13.2 Å². The third kappa shape index (κ3) is 4.75. The van der Waals surface area contributed by atoms with Crippen molar-refractivity contribution in [2.24, 2.45) is 17.8 Å². The van der Waals surface area contributed by atoms with Gasteiger partial charge in [-0.05, 0) is 56.3 Å². The van der Waals surface area contributed by atoms with Crippen LogP contribution in [0.1, 0.15) is 66.2 Å². The highest BCUT2D eigenvalue weighted by Crippen LogP contribution is 2.39. The molecule has 0 aromatic carbocycles. The zero-order valence-electron chi connectivity index (χ0n) is 13.4. The van der Waals surface area contributed by atoms with Crippen LogP contribution in [0, 0.1) is 17.8 Å². The van der Waals surface area contributed by atoms with Crippen LogP contribution in [0.5, 0.6) is 0 Å². The van der Waals surface area contributed by atoms with Gasteiger partial charge in [-0.2, -0.15) is 0 Å². The lowest BCUT2D eigenvalue weighted by Crippen LogP contribution is -2.48. The Balaban J connectivity index is 1.86. The van der Waals surface area contributed by atoms with Crippen LogP contribution in [0.25, 0.3) is 0 Å². The number of rotatable bonds is 7. The summed E-state index contributed by atoms with van der Waals surface area (Å²) in [5, 5.41) is 3.62. The van der Waals surface area contributed by atoms with Crippen molar-refractivity contribution in [1.82, 2.24) is 5.32 Å². The van der Waals surface area contributed by atoms with E-state index in [9.17, 15) is 0 Å². The molecule has 2 saturated carbocycles. The molecule has 112 valence electrons. The smallest absolute Gasteiger partial charge is 0.0806 e. The molecule has 2 aliphatic rings. The van der Waals surface area contributed by atoms with Gasteiger partial charge in [0.1, 0.15) is 0 Å². The predicted octanol–water partition coefficient (Wildman–Crippen LogP) is 4.00. The largest absolute Gasteiger partial charge is 0.373 e. The lowest BCUT2D eigenvalue weighted by molar-refractivity contribution is -0.0842.